The molecule has 0 aromatic rings. The fraction of sp³-hybridized carbons (Fsp3) is 1.00. The van der Waals surface area contributed by atoms with E-state index in [1.54, 1.807) is 0 Å². The normalized spacial score (nSPS) is 35.5. The van der Waals surface area contributed by atoms with Crippen molar-refractivity contribution in [2.75, 3.05) is 6.61 Å². The topological polar surface area (TPSA) is 21.3 Å². The van der Waals surface area contributed by atoms with Gasteiger partial charge in [-0.15, -0.1) is 0 Å². The van der Waals surface area contributed by atoms with Gasteiger partial charge in [0.2, 0.25) is 0 Å². The van der Waals surface area contributed by atoms with E-state index in [9.17, 15) is 0 Å². The van der Waals surface area contributed by atoms with Gasteiger partial charge in [0.05, 0.1) is 6.61 Å². The molecule has 1 aliphatic heterocycles. The molecule has 1 saturated heterocycles. The highest BCUT2D eigenvalue weighted by Gasteiger charge is 2.36. The molecule has 1 heterocycles. The zero-order valence-electron chi connectivity index (χ0n) is 8.85. The maximum absolute atomic E-state index is 5.56. The van der Waals surface area contributed by atoms with Crippen LogP contribution in [0.1, 0.15) is 34.6 Å². The first-order valence-corrected chi connectivity index (χ1v) is 4.81. The summed E-state index contributed by atoms with van der Waals surface area (Å²) in [4.78, 5) is 0. The van der Waals surface area contributed by atoms with Crippen LogP contribution in [0.15, 0.2) is 0 Å². The Bertz CT molecular complexity index is 154. The third-order valence-corrected chi connectivity index (χ3v) is 2.63. The summed E-state index contributed by atoms with van der Waals surface area (Å²) < 4.78 is 5.56. The van der Waals surface area contributed by atoms with Crippen molar-refractivity contribution in [2.24, 2.45) is 11.3 Å². The van der Waals surface area contributed by atoms with Crippen LogP contribution >= 0.6 is 0 Å². The van der Waals surface area contributed by atoms with Crippen molar-refractivity contribution < 1.29 is 4.74 Å². The van der Waals surface area contributed by atoms with Gasteiger partial charge in [-0.05, 0) is 12.8 Å². The Hall–Kier alpha value is -0.0800. The van der Waals surface area contributed by atoms with Crippen molar-refractivity contribution in [2.45, 2.75) is 46.9 Å². The van der Waals surface area contributed by atoms with Crippen molar-refractivity contribution in [1.82, 2.24) is 5.32 Å². The monoisotopic (exact) mass is 171 g/mol. The minimum atomic E-state index is 0.213. The van der Waals surface area contributed by atoms with Gasteiger partial charge in [-0.3, -0.25) is 5.32 Å². The molecule has 1 fully saturated rings. The third kappa shape index (κ3) is 1.99. The Morgan fingerprint density at radius 1 is 1.42 bits per heavy atom. The molecule has 1 aliphatic rings. The molecule has 0 aromatic heterocycles. The largest absolute Gasteiger partial charge is 0.363 e. The molecule has 2 nitrogen and oxygen atoms in total. The summed E-state index contributed by atoms with van der Waals surface area (Å²) in [5.74, 6) is 0.673. The fourth-order valence-corrected chi connectivity index (χ4v) is 2.05. The first-order valence-electron chi connectivity index (χ1n) is 4.81. The lowest BCUT2D eigenvalue weighted by molar-refractivity contribution is -0.0857. The van der Waals surface area contributed by atoms with E-state index in [0.717, 1.165) is 6.61 Å². The highest BCUT2D eigenvalue weighted by atomic mass is 16.5. The van der Waals surface area contributed by atoms with Crippen molar-refractivity contribution in [3.8, 4) is 0 Å². The molecule has 2 atom stereocenters. The lowest BCUT2D eigenvalue weighted by Gasteiger charge is -2.44. The molecule has 0 spiro atoms. The Morgan fingerprint density at radius 3 is 2.42 bits per heavy atom. The number of hydrogen-bond donors (Lipinski definition) is 1. The molecule has 72 valence electrons. The number of ether oxygens (including phenoxy) is 1. The minimum absolute atomic E-state index is 0.213. The Kier molecular flexibility index (Phi) is 2.79. The first-order chi connectivity index (χ1) is 5.43. The quantitative estimate of drug-likeness (QED) is 0.651. The average Bonchev–Trinajstić information content (AvgIpc) is 1.94. The van der Waals surface area contributed by atoms with E-state index in [-0.39, 0.29) is 11.6 Å². The highest BCUT2D eigenvalue weighted by molar-refractivity contribution is 4.89. The molecule has 2 unspecified atom stereocenters. The zero-order valence-corrected chi connectivity index (χ0v) is 8.85. The first kappa shape index (κ1) is 10.0. The number of nitrogens with one attached hydrogen (secondary N) is 1. The summed E-state index contributed by atoms with van der Waals surface area (Å²) in [5.41, 5.74) is 0.265. The van der Waals surface area contributed by atoms with Crippen LogP contribution in [0.5, 0.6) is 0 Å². The Balaban J connectivity index is 2.65. The van der Waals surface area contributed by atoms with E-state index in [1.165, 1.54) is 0 Å². The molecule has 0 bridgehead atoms. The predicted octanol–water partition coefficient (Wildman–Crippen LogP) is 2.00. The predicted molar refractivity (Wildman–Crippen MR) is 51.0 cm³/mol. The molecule has 0 radical (unpaired) electrons. The molecule has 0 aromatic carbocycles. The average molecular weight is 171 g/mol. The second kappa shape index (κ2) is 3.35. The van der Waals surface area contributed by atoms with Gasteiger partial charge >= 0.3 is 0 Å². The van der Waals surface area contributed by atoms with E-state index < -0.39 is 0 Å². The van der Waals surface area contributed by atoms with E-state index >= 15 is 0 Å². The Morgan fingerprint density at radius 2 is 2.00 bits per heavy atom. The van der Waals surface area contributed by atoms with Gasteiger partial charge in [-0.1, -0.05) is 27.7 Å². The summed E-state index contributed by atoms with van der Waals surface area (Å²) in [6.07, 6.45) is 0.213. The maximum Gasteiger partial charge on any atom is 0.105 e. The standard InChI is InChI=1S/C10H21NO/c1-7(2)9-10(4,5)6-12-8(3)11-9/h7-9,11H,6H2,1-5H3. The smallest absolute Gasteiger partial charge is 0.105 e. The van der Waals surface area contributed by atoms with E-state index in [4.69, 9.17) is 4.74 Å². The maximum atomic E-state index is 5.56. The molecule has 1 N–H and O–H groups in total. The fourth-order valence-electron chi connectivity index (χ4n) is 2.05. The van der Waals surface area contributed by atoms with Crippen LogP contribution < -0.4 is 5.32 Å². The van der Waals surface area contributed by atoms with Crippen molar-refractivity contribution in [3.05, 3.63) is 0 Å². The van der Waals surface area contributed by atoms with Crippen LogP contribution in [0.2, 0.25) is 0 Å². The van der Waals surface area contributed by atoms with Crippen LogP contribution in [0, 0.1) is 11.3 Å². The Labute approximate surface area is 75.7 Å². The van der Waals surface area contributed by atoms with E-state index in [0.29, 0.717) is 12.0 Å². The van der Waals surface area contributed by atoms with Crippen molar-refractivity contribution in [3.63, 3.8) is 0 Å². The molecule has 1 rings (SSSR count). The van der Waals surface area contributed by atoms with Crippen LogP contribution in [0.3, 0.4) is 0 Å². The van der Waals surface area contributed by atoms with Crippen LogP contribution in [-0.4, -0.2) is 18.9 Å². The van der Waals surface area contributed by atoms with Gasteiger partial charge in [-0.2, -0.15) is 0 Å². The summed E-state index contributed by atoms with van der Waals surface area (Å²) in [6.45, 7) is 12.0. The minimum Gasteiger partial charge on any atom is -0.363 e. The van der Waals surface area contributed by atoms with E-state index in [2.05, 4.69) is 39.9 Å². The van der Waals surface area contributed by atoms with E-state index in [1.807, 2.05) is 0 Å². The van der Waals surface area contributed by atoms with Crippen molar-refractivity contribution >= 4 is 0 Å². The SMILES string of the molecule is CC1NC(C(C)C)C(C)(C)CO1. The van der Waals surface area contributed by atoms with Gasteiger partial charge < -0.3 is 4.74 Å². The molecular weight excluding hydrogens is 150 g/mol. The van der Waals surface area contributed by atoms with Gasteiger partial charge in [0.25, 0.3) is 0 Å². The second-order valence-corrected chi connectivity index (χ2v) is 4.83. The molecule has 0 aliphatic carbocycles. The van der Waals surface area contributed by atoms with Crippen molar-refractivity contribution in [1.29, 1.82) is 0 Å². The summed E-state index contributed by atoms with van der Waals surface area (Å²) in [5, 5.41) is 3.48. The zero-order chi connectivity index (χ0) is 9.35. The van der Waals surface area contributed by atoms with Crippen LogP contribution in [-0.2, 0) is 4.74 Å². The molecule has 0 saturated carbocycles. The molecule has 2 heteroatoms. The molecule has 12 heavy (non-hydrogen) atoms. The molecule has 0 amide bonds. The van der Waals surface area contributed by atoms with Gasteiger partial charge in [-0.25, -0.2) is 0 Å². The molecular formula is C10H21NO. The van der Waals surface area contributed by atoms with Crippen LogP contribution in [0.25, 0.3) is 0 Å². The summed E-state index contributed by atoms with van der Waals surface area (Å²) in [7, 11) is 0. The summed E-state index contributed by atoms with van der Waals surface area (Å²) >= 11 is 0. The highest BCUT2D eigenvalue weighted by Crippen LogP contribution is 2.30. The lowest BCUT2D eigenvalue weighted by atomic mass is 9.78. The lowest BCUT2D eigenvalue weighted by Crippen LogP contribution is -2.56. The van der Waals surface area contributed by atoms with Gasteiger partial charge in [0.1, 0.15) is 6.23 Å². The van der Waals surface area contributed by atoms with Gasteiger partial charge in [0.15, 0.2) is 0 Å². The second-order valence-electron chi connectivity index (χ2n) is 4.83. The van der Waals surface area contributed by atoms with Gasteiger partial charge in [0, 0.05) is 11.5 Å². The number of rotatable bonds is 1. The summed E-state index contributed by atoms with van der Waals surface area (Å²) in [6, 6.07) is 0.571. The third-order valence-electron chi connectivity index (χ3n) is 2.63. The number of hydrogen-bond acceptors (Lipinski definition) is 2. The van der Waals surface area contributed by atoms with Crippen LogP contribution in [0.4, 0.5) is 0 Å².